The first-order valence-electron chi connectivity index (χ1n) is 4.28. The van der Waals surface area contributed by atoms with Crippen molar-refractivity contribution in [3.8, 4) is 0 Å². The van der Waals surface area contributed by atoms with E-state index in [1.807, 2.05) is 6.07 Å². The lowest BCUT2D eigenvalue weighted by molar-refractivity contribution is 0.0966. The fourth-order valence-corrected chi connectivity index (χ4v) is 1.67. The SMILES string of the molecule is C[C@H](O)c1cccc2c1CNC2=O. The van der Waals surface area contributed by atoms with E-state index in [-0.39, 0.29) is 5.91 Å². The van der Waals surface area contributed by atoms with Crippen LogP contribution in [0, 0.1) is 0 Å². The molecule has 0 radical (unpaired) electrons. The molecule has 1 aromatic carbocycles. The number of benzene rings is 1. The van der Waals surface area contributed by atoms with Gasteiger partial charge >= 0.3 is 0 Å². The molecule has 1 atom stereocenters. The summed E-state index contributed by atoms with van der Waals surface area (Å²) in [5.74, 6) is -0.0440. The minimum atomic E-state index is -0.511. The Labute approximate surface area is 76.4 Å². The zero-order valence-corrected chi connectivity index (χ0v) is 7.37. The molecule has 0 saturated carbocycles. The van der Waals surface area contributed by atoms with Gasteiger partial charge in [0.05, 0.1) is 6.10 Å². The van der Waals surface area contributed by atoms with Crippen LogP contribution in [0.1, 0.15) is 34.5 Å². The summed E-state index contributed by atoms with van der Waals surface area (Å²) in [7, 11) is 0. The van der Waals surface area contributed by atoms with Gasteiger partial charge in [-0.15, -0.1) is 0 Å². The van der Waals surface area contributed by atoms with Gasteiger partial charge in [0.2, 0.25) is 0 Å². The number of carbonyl (C=O) groups excluding carboxylic acids is 1. The Morgan fingerprint density at radius 3 is 3.00 bits per heavy atom. The fourth-order valence-electron chi connectivity index (χ4n) is 1.67. The fraction of sp³-hybridized carbons (Fsp3) is 0.300. The van der Waals surface area contributed by atoms with Crippen molar-refractivity contribution in [2.24, 2.45) is 0 Å². The number of rotatable bonds is 1. The summed E-state index contributed by atoms with van der Waals surface area (Å²) >= 11 is 0. The van der Waals surface area contributed by atoms with E-state index < -0.39 is 6.10 Å². The maximum absolute atomic E-state index is 11.2. The van der Waals surface area contributed by atoms with E-state index in [9.17, 15) is 9.90 Å². The Morgan fingerprint density at radius 2 is 2.31 bits per heavy atom. The van der Waals surface area contributed by atoms with Crippen LogP contribution in [0.4, 0.5) is 0 Å². The minimum Gasteiger partial charge on any atom is -0.389 e. The number of fused-ring (bicyclic) bond motifs is 1. The molecule has 0 saturated heterocycles. The number of carbonyl (C=O) groups is 1. The van der Waals surface area contributed by atoms with Crippen molar-refractivity contribution in [3.05, 3.63) is 34.9 Å². The van der Waals surface area contributed by atoms with Crippen LogP contribution in [-0.2, 0) is 6.54 Å². The van der Waals surface area contributed by atoms with Gasteiger partial charge in [-0.1, -0.05) is 12.1 Å². The number of amides is 1. The number of aliphatic hydroxyl groups excluding tert-OH is 1. The number of aliphatic hydroxyl groups is 1. The van der Waals surface area contributed by atoms with Crippen LogP contribution >= 0.6 is 0 Å². The van der Waals surface area contributed by atoms with E-state index in [1.165, 1.54) is 0 Å². The highest BCUT2D eigenvalue weighted by Crippen LogP contribution is 2.24. The first-order chi connectivity index (χ1) is 6.20. The summed E-state index contributed by atoms with van der Waals surface area (Å²) in [4.78, 5) is 11.2. The molecule has 1 aliphatic rings. The standard InChI is InChI=1S/C10H11NO2/c1-6(12)7-3-2-4-8-9(7)5-11-10(8)13/h2-4,6,12H,5H2,1H3,(H,11,13)/t6-/m0/s1. The topological polar surface area (TPSA) is 49.3 Å². The van der Waals surface area contributed by atoms with Gasteiger partial charge in [-0.2, -0.15) is 0 Å². The van der Waals surface area contributed by atoms with E-state index in [0.29, 0.717) is 12.1 Å². The molecule has 1 aromatic rings. The summed E-state index contributed by atoms with van der Waals surface area (Å²) in [6.45, 7) is 2.24. The maximum Gasteiger partial charge on any atom is 0.251 e. The molecule has 3 heteroatoms. The van der Waals surface area contributed by atoms with Crippen LogP contribution < -0.4 is 5.32 Å². The van der Waals surface area contributed by atoms with Gasteiger partial charge in [0.1, 0.15) is 0 Å². The summed E-state index contributed by atoms with van der Waals surface area (Å²) < 4.78 is 0. The Bertz CT molecular complexity index is 358. The van der Waals surface area contributed by atoms with Crippen molar-refractivity contribution in [1.82, 2.24) is 5.32 Å². The third kappa shape index (κ3) is 1.21. The normalized spacial score (nSPS) is 16.6. The van der Waals surface area contributed by atoms with Crippen LogP contribution in [0.15, 0.2) is 18.2 Å². The number of hydrogen-bond acceptors (Lipinski definition) is 2. The second-order valence-corrected chi connectivity index (χ2v) is 3.23. The van der Waals surface area contributed by atoms with Gasteiger partial charge in [-0.3, -0.25) is 4.79 Å². The molecule has 1 aliphatic heterocycles. The molecule has 3 nitrogen and oxygen atoms in total. The molecule has 0 fully saturated rings. The summed E-state index contributed by atoms with van der Waals surface area (Å²) in [6, 6.07) is 5.43. The Balaban J connectivity index is 2.57. The van der Waals surface area contributed by atoms with Crippen LogP contribution in [0.2, 0.25) is 0 Å². The van der Waals surface area contributed by atoms with E-state index in [0.717, 1.165) is 11.1 Å². The van der Waals surface area contributed by atoms with E-state index >= 15 is 0 Å². The molecule has 2 rings (SSSR count). The van der Waals surface area contributed by atoms with E-state index in [4.69, 9.17) is 0 Å². The van der Waals surface area contributed by atoms with Gasteiger partial charge < -0.3 is 10.4 Å². The van der Waals surface area contributed by atoms with E-state index in [2.05, 4.69) is 5.32 Å². The lowest BCUT2D eigenvalue weighted by Crippen LogP contribution is -2.12. The minimum absolute atomic E-state index is 0.0440. The van der Waals surface area contributed by atoms with Crippen molar-refractivity contribution in [2.45, 2.75) is 19.6 Å². The van der Waals surface area contributed by atoms with E-state index in [1.54, 1.807) is 19.1 Å². The van der Waals surface area contributed by atoms with Crippen LogP contribution in [-0.4, -0.2) is 11.0 Å². The van der Waals surface area contributed by atoms with Crippen molar-refractivity contribution in [3.63, 3.8) is 0 Å². The molecular weight excluding hydrogens is 166 g/mol. The third-order valence-corrected chi connectivity index (χ3v) is 2.33. The highest BCUT2D eigenvalue weighted by molar-refractivity contribution is 5.98. The van der Waals surface area contributed by atoms with Gasteiger partial charge in [0, 0.05) is 12.1 Å². The summed E-state index contributed by atoms with van der Waals surface area (Å²) in [6.07, 6.45) is -0.511. The first kappa shape index (κ1) is 8.26. The Morgan fingerprint density at radius 1 is 1.54 bits per heavy atom. The first-order valence-corrected chi connectivity index (χ1v) is 4.28. The van der Waals surface area contributed by atoms with Crippen molar-refractivity contribution >= 4 is 5.91 Å². The molecule has 13 heavy (non-hydrogen) atoms. The lowest BCUT2D eigenvalue weighted by Gasteiger charge is -2.08. The molecule has 0 unspecified atom stereocenters. The Hall–Kier alpha value is -1.35. The molecule has 68 valence electrons. The summed E-state index contributed by atoms with van der Waals surface area (Å²) in [5.41, 5.74) is 2.47. The molecular formula is C10H11NO2. The predicted octanol–water partition coefficient (Wildman–Crippen LogP) is 0.983. The zero-order chi connectivity index (χ0) is 9.42. The largest absolute Gasteiger partial charge is 0.389 e. The van der Waals surface area contributed by atoms with Gasteiger partial charge in [0.15, 0.2) is 0 Å². The number of nitrogens with one attached hydrogen (secondary N) is 1. The maximum atomic E-state index is 11.2. The average molecular weight is 177 g/mol. The zero-order valence-electron chi connectivity index (χ0n) is 7.37. The molecule has 0 bridgehead atoms. The van der Waals surface area contributed by atoms with Gasteiger partial charge in [-0.25, -0.2) is 0 Å². The third-order valence-electron chi connectivity index (χ3n) is 2.33. The molecule has 0 aromatic heterocycles. The van der Waals surface area contributed by atoms with Crippen LogP contribution in [0.25, 0.3) is 0 Å². The van der Waals surface area contributed by atoms with Gasteiger partial charge in [-0.05, 0) is 24.1 Å². The summed E-state index contributed by atoms with van der Waals surface area (Å²) in [5, 5.41) is 12.2. The monoisotopic (exact) mass is 177 g/mol. The smallest absolute Gasteiger partial charge is 0.251 e. The molecule has 0 aliphatic carbocycles. The highest BCUT2D eigenvalue weighted by Gasteiger charge is 2.22. The number of hydrogen-bond donors (Lipinski definition) is 2. The highest BCUT2D eigenvalue weighted by atomic mass is 16.3. The van der Waals surface area contributed by atoms with Crippen molar-refractivity contribution < 1.29 is 9.90 Å². The second-order valence-electron chi connectivity index (χ2n) is 3.23. The second kappa shape index (κ2) is 2.85. The Kier molecular flexibility index (Phi) is 1.81. The van der Waals surface area contributed by atoms with Crippen LogP contribution in [0.3, 0.4) is 0 Å². The quantitative estimate of drug-likeness (QED) is 0.671. The lowest BCUT2D eigenvalue weighted by atomic mass is 10.00. The molecule has 2 N–H and O–H groups in total. The molecule has 1 amide bonds. The predicted molar refractivity (Wildman–Crippen MR) is 48.2 cm³/mol. The average Bonchev–Trinajstić information content (AvgIpc) is 2.48. The van der Waals surface area contributed by atoms with Crippen molar-refractivity contribution in [1.29, 1.82) is 0 Å². The van der Waals surface area contributed by atoms with Crippen LogP contribution in [0.5, 0.6) is 0 Å². The molecule has 1 heterocycles. The van der Waals surface area contributed by atoms with Gasteiger partial charge in [0.25, 0.3) is 5.91 Å². The molecule has 0 spiro atoms. The van der Waals surface area contributed by atoms with Crippen molar-refractivity contribution in [2.75, 3.05) is 0 Å².